The monoisotopic (exact) mass is 379 g/mol. The molecule has 0 atom stereocenters. The van der Waals surface area contributed by atoms with Gasteiger partial charge in [0.15, 0.2) is 0 Å². The Kier molecular flexibility index (Phi) is 6.87. The second kappa shape index (κ2) is 9.35. The van der Waals surface area contributed by atoms with Crippen LogP contribution in [0.15, 0.2) is 54.6 Å². The average molecular weight is 380 g/mol. The smallest absolute Gasteiger partial charge is 0.238 e. The lowest BCUT2D eigenvalue weighted by atomic mass is 9.87. The van der Waals surface area contributed by atoms with Gasteiger partial charge in [0.1, 0.15) is 0 Å². The fourth-order valence-corrected chi connectivity index (χ4v) is 3.64. The van der Waals surface area contributed by atoms with Gasteiger partial charge in [0, 0.05) is 25.3 Å². The zero-order valence-corrected chi connectivity index (χ0v) is 17.4. The first-order valence-electron chi connectivity index (χ1n) is 10.3. The summed E-state index contributed by atoms with van der Waals surface area (Å²) in [4.78, 5) is 17.2. The summed E-state index contributed by atoms with van der Waals surface area (Å²) in [6.45, 7) is 12.0. The van der Waals surface area contributed by atoms with E-state index in [1.54, 1.807) is 0 Å². The van der Waals surface area contributed by atoms with Crippen LogP contribution in [0, 0.1) is 0 Å². The van der Waals surface area contributed by atoms with Crippen molar-refractivity contribution in [2.75, 3.05) is 38.0 Å². The van der Waals surface area contributed by atoms with Crippen LogP contribution in [-0.4, -0.2) is 48.4 Å². The SMILES string of the molecule is CC(C)(C)c1ccc(NC(=O)CN2CCCN(Cc3ccccc3)CC2)cc1. The van der Waals surface area contributed by atoms with E-state index in [-0.39, 0.29) is 11.3 Å². The van der Waals surface area contributed by atoms with Crippen LogP contribution < -0.4 is 5.32 Å². The number of anilines is 1. The van der Waals surface area contributed by atoms with Crippen molar-refractivity contribution in [3.63, 3.8) is 0 Å². The molecule has 0 saturated carbocycles. The molecule has 3 rings (SSSR count). The average Bonchev–Trinajstić information content (AvgIpc) is 2.87. The summed E-state index contributed by atoms with van der Waals surface area (Å²) in [6.07, 6.45) is 1.10. The topological polar surface area (TPSA) is 35.6 Å². The predicted octanol–water partition coefficient (Wildman–Crippen LogP) is 4.13. The molecule has 2 aromatic carbocycles. The van der Waals surface area contributed by atoms with E-state index in [1.807, 2.05) is 12.1 Å². The Labute approximate surface area is 169 Å². The third kappa shape index (κ3) is 6.18. The quantitative estimate of drug-likeness (QED) is 0.848. The first-order valence-corrected chi connectivity index (χ1v) is 10.3. The van der Waals surface area contributed by atoms with Crippen molar-refractivity contribution in [1.29, 1.82) is 0 Å². The van der Waals surface area contributed by atoms with Crippen molar-refractivity contribution < 1.29 is 4.79 Å². The molecule has 2 aromatic rings. The molecule has 4 nitrogen and oxygen atoms in total. The Morgan fingerprint density at radius 2 is 1.54 bits per heavy atom. The summed E-state index contributed by atoms with van der Waals surface area (Å²) in [5, 5.41) is 3.05. The van der Waals surface area contributed by atoms with Gasteiger partial charge in [-0.25, -0.2) is 0 Å². The van der Waals surface area contributed by atoms with E-state index in [9.17, 15) is 4.79 Å². The van der Waals surface area contributed by atoms with Gasteiger partial charge in [-0.15, -0.1) is 0 Å². The van der Waals surface area contributed by atoms with Gasteiger partial charge in [-0.1, -0.05) is 63.2 Å². The summed E-state index contributed by atoms with van der Waals surface area (Å²) in [7, 11) is 0. The van der Waals surface area contributed by atoms with Gasteiger partial charge in [0.05, 0.1) is 6.54 Å². The molecule has 0 spiro atoms. The number of nitrogens with zero attached hydrogens (tertiary/aromatic N) is 2. The van der Waals surface area contributed by atoms with Crippen LogP contribution in [0.2, 0.25) is 0 Å². The lowest BCUT2D eigenvalue weighted by Crippen LogP contribution is -2.36. The number of carbonyl (C=O) groups excluding carboxylic acids is 1. The van der Waals surface area contributed by atoms with Gasteiger partial charge in [-0.3, -0.25) is 14.6 Å². The highest BCUT2D eigenvalue weighted by atomic mass is 16.2. The molecule has 0 bridgehead atoms. The van der Waals surface area contributed by atoms with E-state index in [4.69, 9.17) is 0 Å². The molecule has 1 amide bonds. The molecular weight excluding hydrogens is 346 g/mol. The Morgan fingerprint density at radius 1 is 0.893 bits per heavy atom. The minimum atomic E-state index is 0.0695. The largest absolute Gasteiger partial charge is 0.325 e. The number of rotatable bonds is 5. The molecule has 0 radical (unpaired) electrons. The summed E-state index contributed by atoms with van der Waals surface area (Å²) in [5.41, 5.74) is 3.63. The zero-order valence-electron chi connectivity index (χ0n) is 17.4. The molecule has 1 aliphatic heterocycles. The summed E-state index contributed by atoms with van der Waals surface area (Å²) < 4.78 is 0. The van der Waals surface area contributed by atoms with E-state index >= 15 is 0 Å². The second-order valence-corrected chi connectivity index (χ2v) is 8.77. The molecule has 0 unspecified atom stereocenters. The molecule has 1 saturated heterocycles. The van der Waals surface area contributed by atoms with Crippen molar-refractivity contribution in [3.8, 4) is 0 Å². The van der Waals surface area contributed by atoms with Gasteiger partial charge in [-0.05, 0) is 48.2 Å². The number of carbonyl (C=O) groups is 1. The van der Waals surface area contributed by atoms with Crippen LogP contribution in [0.3, 0.4) is 0 Å². The molecule has 0 aromatic heterocycles. The molecule has 4 heteroatoms. The third-order valence-electron chi connectivity index (χ3n) is 5.33. The van der Waals surface area contributed by atoms with Crippen molar-refractivity contribution >= 4 is 11.6 Å². The van der Waals surface area contributed by atoms with Crippen LogP contribution in [-0.2, 0) is 16.8 Å². The standard InChI is InChI=1S/C24H33N3O/c1-24(2,3)21-10-12-22(13-11-21)25-23(28)19-27-15-7-14-26(16-17-27)18-20-8-5-4-6-9-20/h4-6,8-13H,7,14-19H2,1-3H3,(H,25,28). The minimum Gasteiger partial charge on any atom is -0.325 e. The Bertz CT molecular complexity index is 750. The Hall–Kier alpha value is -2.17. The Balaban J connectivity index is 1.46. The molecular formula is C24H33N3O. The summed E-state index contributed by atoms with van der Waals surface area (Å²) in [5.74, 6) is 0.0695. The number of amides is 1. The predicted molar refractivity (Wildman–Crippen MR) is 117 cm³/mol. The normalized spacial score (nSPS) is 16.5. The van der Waals surface area contributed by atoms with Crippen LogP contribution in [0.5, 0.6) is 0 Å². The van der Waals surface area contributed by atoms with E-state index < -0.39 is 0 Å². The summed E-state index contributed by atoms with van der Waals surface area (Å²) in [6, 6.07) is 18.8. The van der Waals surface area contributed by atoms with Crippen molar-refractivity contribution in [3.05, 3.63) is 65.7 Å². The third-order valence-corrected chi connectivity index (χ3v) is 5.33. The van der Waals surface area contributed by atoms with Gasteiger partial charge < -0.3 is 5.32 Å². The molecule has 1 N–H and O–H groups in total. The van der Waals surface area contributed by atoms with Crippen LogP contribution >= 0.6 is 0 Å². The molecule has 28 heavy (non-hydrogen) atoms. The van der Waals surface area contributed by atoms with E-state index in [1.165, 1.54) is 11.1 Å². The lowest BCUT2D eigenvalue weighted by molar-refractivity contribution is -0.117. The van der Waals surface area contributed by atoms with Gasteiger partial charge in [0.2, 0.25) is 5.91 Å². The van der Waals surface area contributed by atoms with Crippen molar-refractivity contribution in [2.45, 2.75) is 39.2 Å². The van der Waals surface area contributed by atoms with Crippen molar-refractivity contribution in [1.82, 2.24) is 9.80 Å². The van der Waals surface area contributed by atoms with Crippen LogP contribution in [0.4, 0.5) is 5.69 Å². The van der Waals surface area contributed by atoms with Crippen LogP contribution in [0.1, 0.15) is 38.3 Å². The summed E-state index contributed by atoms with van der Waals surface area (Å²) >= 11 is 0. The molecule has 150 valence electrons. The molecule has 1 heterocycles. The van der Waals surface area contributed by atoms with E-state index in [2.05, 4.69) is 78.4 Å². The maximum atomic E-state index is 12.5. The fraction of sp³-hybridized carbons (Fsp3) is 0.458. The lowest BCUT2D eigenvalue weighted by Gasteiger charge is -2.22. The van der Waals surface area contributed by atoms with Gasteiger partial charge in [0.25, 0.3) is 0 Å². The number of benzene rings is 2. The highest BCUT2D eigenvalue weighted by molar-refractivity contribution is 5.92. The first kappa shape index (κ1) is 20.6. The maximum absolute atomic E-state index is 12.5. The van der Waals surface area contributed by atoms with E-state index in [0.29, 0.717) is 6.54 Å². The highest BCUT2D eigenvalue weighted by Gasteiger charge is 2.18. The number of hydrogen-bond acceptors (Lipinski definition) is 3. The van der Waals surface area contributed by atoms with Crippen molar-refractivity contribution in [2.24, 2.45) is 0 Å². The maximum Gasteiger partial charge on any atom is 0.238 e. The molecule has 1 fully saturated rings. The second-order valence-electron chi connectivity index (χ2n) is 8.77. The Morgan fingerprint density at radius 3 is 2.21 bits per heavy atom. The molecule has 1 aliphatic rings. The fourth-order valence-electron chi connectivity index (χ4n) is 3.64. The van der Waals surface area contributed by atoms with E-state index in [0.717, 1.165) is 44.8 Å². The minimum absolute atomic E-state index is 0.0695. The molecule has 0 aliphatic carbocycles. The highest BCUT2D eigenvalue weighted by Crippen LogP contribution is 2.23. The van der Waals surface area contributed by atoms with Gasteiger partial charge >= 0.3 is 0 Å². The number of nitrogens with one attached hydrogen (secondary N) is 1. The van der Waals surface area contributed by atoms with Crippen LogP contribution in [0.25, 0.3) is 0 Å². The van der Waals surface area contributed by atoms with Gasteiger partial charge in [-0.2, -0.15) is 0 Å². The number of hydrogen-bond donors (Lipinski definition) is 1. The zero-order chi connectivity index (χ0) is 20.0. The first-order chi connectivity index (χ1) is 13.4.